The van der Waals surface area contributed by atoms with E-state index in [0.717, 1.165) is 9.87 Å². The fourth-order valence-electron chi connectivity index (χ4n) is 3.88. The largest absolute Gasteiger partial charge is 0.497 e. The third-order valence-corrected chi connectivity index (χ3v) is 7.51. The number of fused-ring (bicyclic) bond motifs is 1. The van der Waals surface area contributed by atoms with Crippen LogP contribution in [0, 0.1) is 6.92 Å². The number of methoxy groups -OCH3 is 2. The number of ether oxygens (including phenoxy) is 2. The predicted molar refractivity (Wildman–Crippen MR) is 123 cm³/mol. The molecule has 1 amide bonds. The summed E-state index contributed by atoms with van der Waals surface area (Å²) >= 11 is 0. The van der Waals surface area contributed by atoms with Crippen molar-refractivity contribution in [3.05, 3.63) is 77.7 Å². The summed E-state index contributed by atoms with van der Waals surface area (Å²) in [7, 11) is -1.49. The summed E-state index contributed by atoms with van der Waals surface area (Å²) < 4.78 is 43.9. The minimum absolute atomic E-state index is 0.0129. The summed E-state index contributed by atoms with van der Waals surface area (Å²) in [6, 6.07) is 13.1. The average Bonchev–Trinajstić information content (AvgIpc) is 3.20. The topological polar surface area (TPSA) is 106 Å². The Hall–Kier alpha value is -3.63. The molecule has 1 unspecified atom stereocenters. The number of aryl methyl sites for hydroxylation is 1. The SMILES string of the molecule is COC(=O)C1CN(C(=O)c2cc(C)co2)c2ccccc2CN1S(=O)(=O)c1ccc(OC)cc1. The van der Waals surface area contributed by atoms with Crippen molar-refractivity contribution in [2.24, 2.45) is 0 Å². The number of benzene rings is 2. The van der Waals surface area contributed by atoms with E-state index in [0.29, 0.717) is 17.0 Å². The second-order valence-corrected chi connectivity index (χ2v) is 9.69. The quantitative estimate of drug-likeness (QED) is 0.513. The van der Waals surface area contributed by atoms with Gasteiger partial charge in [-0.25, -0.2) is 8.42 Å². The van der Waals surface area contributed by atoms with Crippen molar-refractivity contribution in [2.45, 2.75) is 24.4 Å². The number of rotatable bonds is 5. The minimum atomic E-state index is -4.15. The molecule has 0 spiro atoms. The molecule has 0 N–H and O–H groups in total. The van der Waals surface area contributed by atoms with Gasteiger partial charge in [-0.2, -0.15) is 4.31 Å². The smallest absolute Gasteiger partial charge is 0.326 e. The van der Waals surface area contributed by atoms with Crippen LogP contribution in [0.25, 0.3) is 0 Å². The average molecular weight is 485 g/mol. The first-order chi connectivity index (χ1) is 16.3. The first kappa shape index (κ1) is 23.5. The maximum atomic E-state index is 13.7. The molecule has 3 aromatic rings. The number of sulfonamides is 1. The lowest BCUT2D eigenvalue weighted by atomic mass is 10.1. The third-order valence-electron chi connectivity index (χ3n) is 5.64. The monoisotopic (exact) mass is 484 g/mol. The van der Waals surface area contributed by atoms with Crippen LogP contribution in [0.15, 0.2) is 70.2 Å². The van der Waals surface area contributed by atoms with Gasteiger partial charge in [0.25, 0.3) is 5.91 Å². The Morgan fingerprint density at radius 2 is 1.76 bits per heavy atom. The Morgan fingerprint density at radius 3 is 2.38 bits per heavy atom. The first-order valence-electron chi connectivity index (χ1n) is 10.4. The third kappa shape index (κ3) is 4.29. The predicted octanol–water partition coefficient (Wildman–Crippen LogP) is 2.99. The molecule has 1 aliphatic rings. The highest BCUT2D eigenvalue weighted by Gasteiger charge is 2.42. The van der Waals surface area contributed by atoms with Crippen molar-refractivity contribution >= 4 is 27.6 Å². The Balaban J connectivity index is 1.82. The number of carbonyl (C=O) groups excluding carboxylic acids is 2. The number of anilines is 1. The summed E-state index contributed by atoms with van der Waals surface area (Å²) in [5.74, 6) is -0.686. The van der Waals surface area contributed by atoms with E-state index in [2.05, 4.69) is 0 Å². The molecule has 4 rings (SSSR count). The van der Waals surface area contributed by atoms with E-state index >= 15 is 0 Å². The number of hydrogen-bond donors (Lipinski definition) is 0. The van der Waals surface area contributed by atoms with Gasteiger partial charge in [0.1, 0.15) is 11.8 Å². The Bertz CT molecular complexity index is 1320. The minimum Gasteiger partial charge on any atom is -0.497 e. The van der Waals surface area contributed by atoms with Gasteiger partial charge < -0.3 is 18.8 Å². The second kappa shape index (κ2) is 9.32. The highest BCUT2D eigenvalue weighted by molar-refractivity contribution is 7.89. The molecular formula is C24H24N2O7S. The molecule has 178 valence electrons. The van der Waals surface area contributed by atoms with Crippen LogP contribution >= 0.6 is 0 Å². The molecule has 1 aromatic heterocycles. The first-order valence-corrected chi connectivity index (χ1v) is 11.9. The second-order valence-electron chi connectivity index (χ2n) is 7.80. The van der Waals surface area contributed by atoms with Crippen LogP contribution in [0.3, 0.4) is 0 Å². The van der Waals surface area contributed by atoms with Gasteiger partial charge in [-0.1, -0.05) is 18.2 Å². The summed E-state index contributed by atoms with van der Waals surface area (Å²) in [5, 5.41) is 0. The summed E-state index contributed by atoms with van der Waals surface area (Å²) in [5.41, 5.74) is 1.81. The number of esters is 1. The summed E-state index contributed by atoms with van der Waals surface area (Å²) in [6.07, 6.45) is 1.45. The van der Waals surface area contributed by atoms with Gasteiger partial charge in [0.15, 0.2) is 5.76 Å². The zero-order valence-electron chi connectivity index (χ0n) is 18.9. The zero-order valence-corrected chi connectivity index (χ0v) is 19.7. The van der Waals surface area contributed by atoms with Gasteiger partial charge in [0.2, 0.25) is 10.0 Å². The molecule has 0 bridgehead atoms. The number of furan rings is 1. The number of para-hydroxylation sites is 1. The maximum absolute atomic E-state index is 13.7. The van der Waals surface area contributed by atoms with E-state index in [1.807, 2.05) is 0 Å². The van der Waals surface area contributed by atoms with Crippen LogP contribution in [-0.4, -0.2) is 51.4 Å². The molecule has 0 fully saturated rings. The van der Waals surface area contributed by atoms with Crippen LogP contribution in [0.4, 0.5) is 5.69 Å². The molecule has 9 nitrogen and oxygen atoms in total. The van der Waals surface area contributed by atoms with Gasteiger partial charge in [-0.05, 0) is 54.4 Å². The lowest BCUT2D eigenvalue weighted by Crippen LogP contribution is -2.50. The Kier molecular flexibility index (Phi) is 6.45. The number of carbonyl (C=O) groups is 2. The standard InChI is InChI=1S/C24H24N2O7S/c1-16-12-22(33-15-16)23(27)25-14-21(24(28)32-3)26(13-17-6-4-5-7-20(17)25)34(29,30)19-10-8-18(31-2)9-11-19/h4-12,15,21H,13-14H2,1-3H3. The molecule has 1 atom stereocenters. The molecule has 0 saturated heterocycles. The zero-order chi connectivity index (χ0) is 24.5. The van der Waals surface area contributed by atoms with Crippen LogP contribution in [0.5, 0.6) is 5.75 Å². The molecule has 1 aliphatic heterocycles. The lowest BCUT2D eigenvalue weighted by Gasteiger charge is -2.29. The molecule has 2 heterocycles. The highest BCUT2D eigenvalue weighted by Crippen LogP contribution is 2.33. The number of amides is 1. The van der Waals surface area contributed by atoms with Crippen molar-refractivity contribution < 1.29 is 31.9 Å². The van der Waals surface area contributed by atoms with E-state index in [-0.39, 0.29) is 23.7 Å². The molecular weight excluding hydrogens is 460 g/mol. The van der Waals surface area contributed by atoms with Crippen molar-refractivity contribution in [3.8, 4) is 5.75 Å². The van der Waals surface area contributed by atoms with Crippen LogP contribution in [0.1, 0.15) is 21.7 Å². The van der Waals surface area contributed by atoms with Crippen LogP contribution in [0.2, 0.25) is 0 Å². The molecule has 34 heavy (non-hydrogen) atoms. The molecule has 10 heteroatoms. The summed E-state index contributed by atoms with van der Waals surface area (Å²) in [6.45, 7) is 1.40. The number of hydrogen-bond acceptors (Lipinski definition) is 7. The van der Waals surface area contributed by atoms with Gasteiger partial charge in [0, 0.05) is 12.2 Å². The van der Waals surface area contributed by atoms with E-state index < -0.39 is 27.9 Å². The van der Waals surface area contributed by atoms with Crippen molar-refractivity contribution in [2.75, 3.05) is 25.7 Å². The molecule has 0 radical (unpaired) electrons. The lowest BCUT2D eigenvalue weighted by molar-refractivity contribution is -0.144. The van der Waals surface area contributed by atoms with Crippen molar-refractivity contribution in [1.29, 1.82) is 0 Å². The molecule has 0 saturated carbocycles. The van der Waals surface area contributed by atoms with Gasteiger partial charge in [0.05, 0.1) is 31.9 Å². The van der Waals surface area contributed by atoms with Gasteiger partial charge in [-0.15, -0.1) is 0 Å². The highest BCUT2D eigenvalue weighted by atomic mass is 32.2. The van der Waals surface area contributed by atoms with E-state index in [9.17, 15) is 18.0 Å². The Morgan fingerprint density at radius 1 is 1.06 bits per heavy atom. The normalized spacial score (nSPS) is 16.4. The van der Waals surface area contributed by atoms with E-state index in [4.69, 9.17) is 13.9 Å². The fraction of sp³-hybridized carbons (Fsp3) is 0.250. The van der Waals surface area contributed by atoms with E-state index in [1.165, 1.54) is 49.6 Å². The maximum Gasteiger partial charge on any atom is 0.326 e. The number of nitrogens with zero attached hydrogens (tertiary/aromatic N) is 2. The van der Waals surface area contributed by atoms with Crippen LogP contribution in [-0.2, 0) is 26.1 Å². The molecule has 2 aromatic carbocycles. The van der Waals surface area contributed by atoms with E-state index in [1.54, 1.807) is 37.3 Å². The van der Waals surface area contributed by atoms with Crippen molar-refractivity contribution in [3.63, 3.8) is 0 Å². The van der Waals surface area contributed by atoms with Crippen molar-refractivity contribution in [1.82, 2.24) is 4.31 Å². The van der Waals surface area contributed by atoms with Gasteiger partial charge >= 0.3 is 5.97 Å². The van der Waals surface area contributed by atoms with Crippen LogP contribution < -0.4 is 9.64 Å². The summed E-state index contributed by atoms with van der Waals surface area (Å²) in [4.78, 5) is 27.6. The van der Waals surface area contributed by atoms with Gasteiger partial charge in [-0.3, -0.25) is 9.59 Å². The fourth-order valence-corrected chi connectivity index (χ4v) is 5.43. The Labute approximate surface area is 197 Å². The molecule has 0 aliphatic carbocycles.